The third-order valence-corrected chi connectivity index (χ3v) is 4.74. The van der Waals surface area contributed by atoms with Gasteiger partial charge in [-0.3, -0.25) is 9.97 Å². The van der Waals surface area contributed by atoms with E-state index in [9.17, 15) is 18.3 Å². The molecule has 0 bridgehead atoms. The highest BCUT2D eigenvalue weighted by Crippen LogP contribution is 2.46. The number of aromatic nitrogens is 4. The molecule has 31 heavy (non-hydrogen) atoms. The van der Waals surface area contributed by atoms with Crippen molar-refractivity contribution < 1.29 is 27.8 Å². The summed E-state index contributed by atoms with van der Waals surface area (Å²) in [7, 11) is 1.45. The van der Waals surface area contributed by atoms with Crippen LogP contribution in [0.3, 0.4) is 0 Å². The van der Waals surface area contributed by atoms with Crippen LogP contribution in [0.5, 0.6) is 11.6 Å². The van der Waals surface area contributed by atoms with Crippen LogP contribution >= 0.6 is 0 Å². The SMILES string of the molecule is COc1ncncc1C(O)(c1ccc(-c2ccc(OC(F)(F)F)cn2)cn1)C(C)(C)C. The lowest BCUT2D eigenvalue weighted by atomic mass is 9.70. The summed E-state index contributed by atoms with van der Waals surface area (Å²) in [4.78, 5) is 16.5. The Morgan fingerprint density at radius 1 is 0.903 bits per heavy atom. The van der Waals surface area contributed by atoms with Gasteiger partial charge in [0.1, 0.15) is 17.7 Å². The molecule has 10 heteroatoms. The number of nitrogens with zero attached hydrogens (tertiary/aromatic N) is 4. The van der Waals surface area contributed by atoms with Crippen molar-refractivity contribution in [2.24, 2.45) is 5.41 Å². The van der Waals surface area contributed by atoms with E-state index in [0.29, 0.717) is 22.5 Å². The molecule has 1 unspecified atom stereocenters. The van der Waals surface area contributed by atoms with Crippen LogP contribution in [0.4, 0.5) is 13.2 Å². The zero-order chi connectivity index (χ0) is 22.9. The molecule has 0 aliphatic carbocycles. The average molecular weight is 434 g/mol. The second-order valence-corrected chi connectivity index (χ2v) is 7.77. The predicted octanol–water partition coefficient (Wildman–Crippen LogP) is 4.12. The Balaban J connectivity index is 1.98. The van der Waals surface area contributed by atoms with Crippen LogP contribution < -0.4 is 9.47 Å². The summed E-state index contributed by atoms with van der Waals surface area (Å²) in [5.41, 5.74) is -0.668. The van der Waals surface area contributed by atoms with Crippen molar-refractivity contribution in [3.63, 3.8) is 0 Å². The lowest BCUT2D eigenvalue weighted by Crippen LogP contribution is -2.42. The Bertz CT molecular complexity index is 1040. The van der Waals surface area contributed by atoms with Gasteiger partial charge in [-0.15, -0.1) is 13.2 Å². The number of aliphatic hydroxyl groups is 1. The van der Waals surface area contributed by atoms with E-state index in [1.165, 1.54) is 38.0 Å². The molecule has 0 aromatic carbocycles. The fraction of sp³-hybridized carbons (Fsp3) is 0.333. The van der Waals surface area contributed by atoms with Crippen LogP contribution in [0.2, 0.25) is 0 Å². The van der Waals surface area contributed by atoms with E-state index < -0.39 is 23.1 Å². The van der Waals surface area contributed by atoms with E-state index >= 15 is 0 Å². The molecule has 3 rings (SSSR count). The quantitative estimate of drug-likeness (QED) is 0.646. The van der Waals surface area contributed by atoms with E-state index in [1.54, 1.807) is 12.1 Å². The number of alkyl halides is 3. The molecule has 0 saturated carbocycles. The lowest BCUT2D eigenvalue weighted by molar-refractivity contribution is -0.274. The topological polar surface area (TPSA) is 90.3 Å². The summed E-state index contributed by atoms with van der Waals surface area (Å²) >= 11 is 0. The van der Waals surface area contributed by atoms with Crippen LogP contribution in [0.1, 0.15) is 32.0 Å². The van der Waals surface area contributed by atoms with Crippen molar-refractivity contribution in [2.75, 3.05) is 7.11 Å². The second-order valence-electron chi connectivity index (χ2n) is 7.77. The number of hydrogen-bond acceptors (Lipinski definition) is 7. The first-order valence-corrected chi connectivity index (χ1v) is 9.21. The maximum Gasteiger partial charge on any atom is 0.573 e. The zero-order valence-corrected chi connectivity index (χ0v) is 17.3. The van der Waals surface area contributed by atoms with E-state index in [1.807, 2.05) is 20.8 Å². The molecule has 0 aliphatic rings. The van der Waals surface area contributed by atoms with Crippen molar-refractivity contribution in [1.29, 1.82) is 0 Å². The Labute approximate surface area is 176 Å². The molecule has 7 nitrogen and oxygen atoms in total. The Kier molecular flexibility index (Phi) is 5.86. The highest BCUT2D eigenvalue weighted by Gasteiger charge is 2.47. The predicted molar refractivity (Wildman–Crippen MR) is 105 cm³/mol. The Hall–Kier alpha value is -3.27. The molecular formula is C21H21F3N4O3. The van der Waals surface area contributed by atoms with E-state index in [2.05, 4.69) is 24.7 Å². The zero-order valence-electron chi connectivity index (χ0n) is 17.3. The number of halogens is 3. The molecule has 0 amide bonds. The molecule has 1 atom stereocenters. The van der Waals surface area contributed by atoms with E-state index in [0.717, 1.165) is 6.20 Å². The molecule has 3 aromatic rings. The second kappa shape index (κ2) is 8.10. The van der Waals surface area contributed by atoms with Crippen LogP contribution in [-0.2, 0) is 5.60 Å². The highest BCUT2D eigenvalue weighted by atomic mass is 19.4. The monoisotopic (exact) mass is 434 g/mol. The molecule has 0 saturated heterocycles. The van der Waals surface area contributed by atoms with Crippen molar-refractivity contribution in [3.05, 3.63) is 60.4 Å². The highest BCUT2D eigenvalue weighted by molar-refractivity contribution is 5.58. The average Bonchev–Trinajstić information content (AvgIpc) is 2.72. The van der Waals surface area contributed by atoms with E-state index in [4.69, 9.17) is 4.74 Å². The van der Waals surface area contributed by atoms with Gasteiger partial charge in [0, 0.05) is 23.4 Å². The molecule has 0 spiro atoms. The van der Waals surface area contributed by atoms with Gasteiger partial charge in [-0.2, -0.15) is 0 Å². The summed E-state index contributed by atoms with van der Waals surface area (Å²) < 4.78 is 46.1. The van der Waals surface area contributed by atoms with Gasteiger partial charge in [-0.05, 0) is 24.3 Å². The summed E-state index contributed by atoms with van der Waals surface area (Å²) in [6.07, 6.45) is 0.475. The van der Waals surface area contributed by atoms with E-state index in [-0.39, 0.29) is 5.88 Å². The lowest BCUT2D eigenvalue weighted by Gasteiger charge is -2.40. The standard InChI is InChI=1S/C21H21F3N4O3/c1-19(2,3)20(29,15-11-25-12-28-18(15)30-4)17-8-5-13(9-27-17)16-7-6-14(10-26-16)31-21(22,23)24/h5-12,29H,1-4H3. The van der Waals surface area contributed by atoms with Crippen molar-refractivity contribution >= 4 is 0 Å². The normalized spacial score (nSPS) is 14.1. The van der Waals surface area contributed by atoms with Gasteiger partial charge in [0.25, 0.3) is 0 Å². The van der Waals surface area contributed by atoms with Crippen molar-refractivity contribution in [3.8, 4) is 22.9 Å². The maximum atomic E-state index is 12.3. The molecular weight excluding hydrogens is 413 g/mol. The first kappa shape index (κ1) is 22.4. The first-order chi connectivity index (χ1) is 14.5. The van der Waals surface area contributed by atoms with Crippen LogP contribution in [0.25, 0.3) is 11.3 Å². The molecule has 0 fully saturated rings. The molecule has 0 radical (unpaired) electrons. The largest absolute Gasteiger partial charge is 0.573 e. The summed E-state index contributed by atoms with van der Waals surface area (Å²) in [6, 6.07) is 5.85. The minimum atomic E-state index is -4.79. The van der Waals surface area contributed by atoms with Crippen molar-refractivity contribution in [1.82, 2.24) is 19.9 Å². The van der Waals surface area contributed by atoms with Gasteiger partial charge in [0.2, 0.25) is 5.88 Å². The van der Waals surface area contributed by atoms with Crippen LogP contribution in [0.15, 0.2) is 49.2 Å². The summed E-state index contributed by atoms with van der Waals surface area (Å²) in [6.45, 7) is 5.53. The minimum absolute atomic E-state index is 0.222. The fourth-order valence-corrected chi connectivity index (χ4v) is 3.16. The fourth-order valence-electron chi connectivity index (χ4n) is 3.16. The van der Waals surface area contributed by atoms with Gasteiger partial charge < -0.3 is 14.6 Å². The van der Waals surface area contributed by atoms with Gasteiger partial charge >= 0.3 is 6.36 Å². The number of ether oxygens (including phenoxy) is 2. The number of rotatable bonds is 5. The van der Waals surface area contributed by atoms with Crippen molar-refractivity contribution in [2.45, 2.75) is 32.7 Å². The third-order valence-electron chi connectivity index (χ3n) is 4.74. The first-order valence-electron chi connectivity index (χ1n) is 9.21. The van der Waals surface area contributed by atoms with Gasteiger partial charge in [0.05, 0.1) is 30.3 Å². The van der Waals surface area contributed by atoms with Gasteiger partial charge in [-0.1, -0.05) is 20.8 Å². The summed E-state index contributed by atoms with van der Waals surface area (Å²) in [5, 5.41) is 11.7. The molecule has 164 valence electrons. The minimum Gasteiger partial charge on any atom is -0.481 e. The Morgan fingerprint density at radius 3 is 2.16 bits per heavy atom. The van der Waals surface area contributed by atoms with Gasteiger partial charge in [-0.25, -0.2) is 9.97 Å². The molecule has 1 N–H and O–H groups in total. The number of hydrogen-bond donors (Lipinski definition) is 1. The molecule has 3 aromatic heterocycles. The van der Waals surface area contributed by atoms with Crippen LogP contribution in [0, 0.1) is 5.41 Å². The molecule has 0 aliphatic heterocycles. The summed E-state index contributed by atoms with van der Waals surface area (Å²) in [5.74, 6) is -0.195. The van der Waals surface area contributed by atoms with Gasteiger partial charge in [0.15, 0.2) is 0 Å². The molecule has 3 heterocycles. The number of methoxy groups -OCH3 is 1. The third kappa shape index (κ3) is 4.58. The maximum absolute atomic E-state index is 12.3. The number of pyridine rings is 2. The smallest absolute Gasteiger partial charge is 0.481 e. The van der Waals surface area contributed by atoms with Crippen LogP contribution in [-0.4, -0.2) is 38.5 Å². The Morgan fingerprint density at radius 2 is 1.65 bits per heavy atom.